The van der Waals surface area contributed by atoms with Crippen LogP contribution in [0.25, 0.3) is 0 Å². The van der Waals surface area contributed by atoms with Gasteiger partial charge in [0.2, 0.25) is 0 Å². The van der Waals surface area contributed by atoms with Crippen LogP contribution in [0.3, 0.4) is 0 Å². The molecule has 0 aliphatic carbocycles. The summed E-state index contributed by atoms with van der Waals surface area (Å²) in [5.41, 5.74) is 0. The number of imidazole rings is 1. The third kappa shape index (κ3) is 4.04. The van der Waals surface area contributed by atoms with E-state index in [4.69, 9.17) is 4.74 Å². The van der Waals surface area contributed by atoms with Crippen LogP contribution in [0.5, 0.6) is 0 Å². The molecule has 2 atom stereocenters. The second-order valence-corrected chi connectivity index (χ2v) is 5.60. The van der Waals surface area contributed by atoms with Gasteiger partial charge in [0.25, 0.3) is 0 Å². The highest BCUT2D eigenvalue weighted by Crippen LogP contribution is 2.13. The lowest BCUT2D eigenvalue weighted by molar-refractivity contribution is -0.0464. The second-order valence-electron chi connectivity index (χ2n) is 5.60. The number of hydrogen-bond acceptors (Lipinski definition) is 4. The molecule has 0 amide bonds. The van der Waals surface area contributed by atoms with Gasteiger partial charge in [-0.3, -0.25) is 4.90 Å². The number of hydrogen-bond donors (Lipinski definition) is 1. The SMILES string of the molecule is CCCN1CCOC(C(CCc2nccn2C)NC)C1. The zero-order valence-electron chi connectivity index (χ0n) is 13.0. The Bertz CT molecular complexity index is 391. The number of morpholine rings is 1. The van der Waals surface area contributed by atoms with Gasteiger partial charge >= 0.3 is 0 Å². The van der Waals surface area contributed by atoms with Gasteiger partial charge in [-0.15, -0.1) is 0 Å². The van der Waals surface area contributed by atoms with Crippen molar-refractivity contribution in [3.05, 3.63) is 18.2 Å². The summed E-state index contributed by atoms with van der Waals surface area (Å²) >= 11 is 0. The Kier molecular flexibility index (Phi) is 6.01. The first-order chi connectivity index (χ1) is 9.74. The van der Waals surface area contributed by atoms with Gasteiger partial charge in [0.1, 0.15) is 5.82 Å². The Hall–Kier alpha value is -0.910. The molecular weight excluding hydrogens is 252 g/mol. The molecule has 0 aromatic carbocycles. The average molecular weight is 280 g/mol. The molecule has 0 saturated carbocycles. The number of aromatic nitrogens is 2. The second kappa shape index (κ2) is 7.76. The fraction of sp³-hybridized carbons (Fsp3) is 0.800. The monoisotopic (exact) mass is 280 g/mol. The van der Waals surface area contributed by atoms with Crippen LogP contribution in [0, 0.1) is 0 Å². The van der Waals surface area contributed by atoms with E-state index in [1.165, 1.54) is 13.0 Å². The smallest absolute Gasteiger partial charge is 0.108 e. The molecule has 1 aliphatic heterocycles. The summed E-state index contributed by atoms with van der Waals surface area (Å²) in [4.78, 5) is 6.91. The van der Waals surface area contributed by atoms with Gasteiger partial charge in [0.05, 0.1) is 12.7 Å². The van der Waals surface area contributed by atoms with E-state index in [9.17, 15) is 0 Å². The van der Waals surface area contributed by atoms with Crippen LogP contribution in [0.15, 0.2) is 12.4 Å². The summed E-state index contributed by atoms with van der Waals surface area (Å²) in [6.45, 7) is 6.38. The van der Waals surface area contributed by atoms with Gasteiger partial charge in [-0.1, -0.05) is 6.92 Å². The molecule has 0 radical (unpaired) electrons. The van der Waals surface area contributed by atoms with Crippen LogP contribution in [-0.2, 0) is 18.2 Å². The number of aryl methyl sites for hydroxylation is 2. The highest BCUT2D eigenvalue weighted by Gasteiger charge is 2.26. The lowest BCUT2D eigenvalue weighted by atomic mass is 10.0. The Morgan fingerprint density at radius 2 is 2.40 bits per heavy atom. The van der Waals surface area contributed by atoms with Crippen LogP contribution in [-0.4, -0.2) is 59.9 Å². The first-order valence-electron chi connectivity index (χ1n) is 7.72. The maximum atomic E-state index is 5.98. The minimum Gasteiger partial charge on any atom is -0.374 e. The van der Waals surface area contributed by atoms with E-state index < -0.39 is 0 Å². The number of nitrogens with one attached hydrogen (secondary N) is 1. The lowest BCUT2D eigenvalue weighted by Gasteiger charge is -2.36. The maximum Gasteiger partial charge on any atom is 0.108 e. The molecule has 20 heavy (non-hydrogen) atoms. The predicted octanol–water partition coefficient (Wildman–Crippen LogP) is 1.05. The van der Waals surface area contributed by atoms with E-state index in [0.717, 1.165) is 38.4 Å². The van der Waals surface area contributed by atoms with Crippen molar-refractivity contribution in [2.75, 3.05) is 33.3 Å². The van der Waals surface area contributed by atoms with Crippen LogP contribution < -0.4 is 5.32 Å². The Morgan fingerprint density at radius 1 is 1.55 bits per heavy atom. The minimum absolute atomic E-state index is 0.292. The molecule has 2 unspecified atom stereocenters. The molecule has 1 aromatic heterocycles. The van der Waals surface area contributed by atoms with Gasteiger partial charge in [-0.25, -0.2) is 4.98 Å². The van der Waals surface area contributed by atoms with E-state index in [-0.39, 0.29) is 0 Å². The third-order valence-corrected chi connectivity index (χ3v) is 4.14. The van der Waals surface area contributed by atoms with Crippen molar-refractivity contribution in [1.82, 2.24) is 19.8 Å². The third-order valence-electron chi connectivity index (χ3n) is 4.14. The zero-order chi connectivity index (χ0) is 14.4. The van der Waals surface area contributed by atoms with Gasteiger partial charge in [0, 0.05) is 45.0 Å². The first-order valence-corrected chi connectivity index (χ1v) is 7.72. The van der Waals surface area contributed by atoms with E-state index >= 15 is 0 Å². The largest absolute Gasteiger partial charge is 0.374 e. The van der Waals surface area contributed by atoms with Crippen molar-refractivity contribution < 1.29 is 4.74 Å². The molecule has 1 aliphatic rings. The Morgan fingerprint density at radius 3 is 3.05 bits per heavy atom. The van der Waals surface area contributed by atoms with E-state index in [2.05, 4.69) is 33.7 Å². The molecule has 1 fully saturated rings. The van der Waals surface area contributed by atoms with E-state index in [1.807, 2.05) is 19.4 Å². The molecule has 1 N–H and O–H groups in total. The Labute approximate surface area is 122 Å². The normalized spacial score (nSPS) is 22.1. The summed E-state index contributed by atoms with van der Waals surface area (Å²) in [6.07, 6.45) is 7.42. The summed E-state index contributed by atoms with van der Waals surface area (Å²) in [5.74, 6) is 1.14. The van der Waals surface area contributed by atoms with Crippen LogP contribution >= 0.6 is 0 Å². The zero-order valence-corrected chi connectivity index (χ0v) is 13.0. The topological polar surface area (TPSA) is 42.3 Å². The molecule has 5 heteroatoms. The molecule has 0 spiro atoms. The molecule has 0 bridgehead atoms. The van der Waals surface area contributed by atoms with Crippen molar-refractivity contribution in [2.24, 2.45) is 7.05 Å². The van der Waals surface area contributed by atoms with Gasteiger partial charge in [-0.2, -0.15) is 0 Å². The van der Waals surface area contributed by atoms with Crippen LogP contribution in [0.1, 0.15) is 25.6 Å². The lowest BCUT2D eigenvalue weighted by Crippen LogP contribution is -2.51. The van der Waals surface area contributed by atoms with Crippen LogP contribution in [0.4, 0.5) is 0 Å². The maximum absolute atomic E-state index is 5.98. The standard InChI is InChI=1S/C15H28N4O/c1-4-8-19-10-11-20-14(12-19)13(16-2)5-6-15-17-7-9-18(15)3/h7,9,13-14,16H,4-6,8,10-12H2,1-3H3. The highest BCUT2D eigenvalue weighted by atomic mass is 16.5. The van der Waals surface area contributed by atoms with Crippen molar-refractivity contribution >= 4 is 0 Å². The number of ether oxygens (including phenoxy) is 1. The van der Waals surface area contributed by atoms with Crippen molar-refractivity contribution in [3.8, 4) is 0 Å². The summed E-state index contributed by atoms with van der Waals surface area (Å²) in [6, 6.07) is 0.395. The molecule has 2 rings (SSSR count). The van der Waals surface area contributed by atoms with Gasteiger partial charge < -0.3 is 14.6 Å². The quantitative estimate of drug-likeness (QED) is 0.811. The number of nitrogens with zero attached hydrogens (tertiary/aromatic N) is 3. The van der Waals surface area contributed by atoms with Crippen molar-refractivity contribution in [1.29, 1.82) is 0 Å². The van der Waals surface area contributed by atoms with E-state index in [1.54, 1.807) is 0 Å². The summed E-state index contributed by atoms with van der Waals surface area (Å²) < 4.78 is 8.07. The molecule has 2 heterocycles. The molecular formula is C15H28N4O. The average Bonchev–Trinajstić information content (AvgIpc) is 2.86. The van der Waals surface area contributed by atoms with Crippen molar-refractivity contribution in [2.45, 2.75) is 38.3 Å². The summed E-state index contributed by atoms with van der Waals surface area (Å²) in [7, 11) is 4.09. The first kappa shape index (κ1) is 15.5. The van der Waals surface area contributed by atoms with E-state index in [0.29, 0.717) is 12.1 Å². The van der Waals surface area contributed by atoms with Gasteiger partial charge in [-0.05, 0) is 26.4 Å². The number of rotatable bonds is 7. The number of likely N-dealkylation sites (N-methyl/N-ethyl adjacent to an activating group) is 1. The fourth-order valence-electron chi connectivity index (χ4n) is 2.93. The minimum atomic E-state index is 0.292. The predicted molar refractivity (Wildman–Crippen MR) is 80.8 cm³/mol. The highest BCUT2D eigenvalue weighted by molar-refractivity contribution is 4.93. The van der Waals surface area contributed by atoms with Gasteiger partial charge in [0.15, 0.2) is 0 Å². The molecule has 5 nitrogen and oxygen atoms in total. The fourth-order valence-corrected chi connectivity index (χ4v) is 2.93. The summed E-state index contributed by atoms with van der Waals surface area (Å²) in [5, 5.41) is 3.43. The molecule has 1 saturated heterocycles. The van der Waals surface area contributed by atoms with Crippen LogP contribution in [0.2, 0.25) is 0 Å². The molecule has 114 valence electrons. The van der Waals surface area contributed by atoms with Crippen molar-refractivity contribution in [3.63, 3.8) is 0 Å². The Balaban J connectivity index is 1.85. The molecule has 1 aromatic rings.